The van der Waals surface area contributed by atoms with Crippen molar-refractivity contribution in [3.8, 4) is 0 Å². The number of aromatic amines is 1. The van der Waals surface area contributed by atoms with Crippen LogP contribution in [0.25, 0.3) is 0 Å². The van der Waals surface area contributed by atoms with Crippen LogP contribution in [0.2, 0.25) is 0 Å². The number of aromatic nitrogens is 3. The van der Waals surface area contributed by atoms with Crippen molar-refractivity contribution in [3.63, 3.8) is 0 Å². The van der Waals surface area contributed by atoms with Gasteiger partial charge in [0.2, 0.25) is 0 Å². The third-order valence-electron chi connectivity index (χ3n) is 4.79. The second kappa shape index (κ2) is 6.64. The van der Waals surface area contributed by atoms with Gasteiger partial charge >= 0.3 is 0 Å². The molecular formula is C16H28N4O2. The highest BCUT2D eigenvalue weighted by Crippen LogP contribution is 2.30. The molecule has 1 atom stereocenters. The Hall–Kier alpha value is -0.980. The molecule has 1 saturated carbocycles. The van der Waals surface area contributed by atoms with Crippen molar-refractivity contribution in [2.45, 2.75) is 63.6 Å². The van der Waals surface area contributed by atoms with E-state index < -0.39 is 5.60 Å². The van der Waals surface area contributed by atoms with Gasteiger partial charge in [0.1, 0.15) is 6.10 Å². The minimum absolute atomic E-state index is 0.0686. The molecule has 0 unspecified atom stereocenters. The summed E-state index contributed by atoms with van der Waals surface area (Å²) in [6.07, 6.45) is 5.32. The fraction of sp³-hybridized carbons (Fsp3) is 0.875. The van der Waals surface area contributed by atoms with Crippen LogP contribution in [0, 0.1) is 0 Å². The van der Waals surface area contributed by atoms with E-state index in [-0.39, 0.29) is 6.10 Å². The fourth-order valence-electron chi connectivity index (χ4n) is 3.49. The van der Waals surface area contributed by atoms with Gasteiger partial charge in [-0.15, -0.1) is 0 Å². The molecule has 1 aliphatic heterocycles. The largest absolute Gasteiger partial charge is 0.389 e. The molecule has 0 aromatic carbocycles. The van der Waals surface area contributed by atoms with Crippen LogP contribution in [0.4, 0.5) is 0 Å². The lowest BCUT2D eigenvalue weighted by molar-refractivity contribution is -0.0787. The lowest BCUT2D eigenvalue weighted by atomic mass is 9.84. The first-order chi connectivity index (χ1) is 10.6. The summed E-state index contributed by atoms with van der Waals surface area (Å²) in [5, 5.41) is 18.0. The molecule has 0 radical (unpaired) electrons. The topological polar surface area (TPSA) is 74.3 Å². The molecule has 0 amide bonds. The van der Waals surface area contributed by atoms with Gasteiger partial charge in [0.25, 0.3) is 0 Å². The zero-order valence-electron chi connectivity index (χ0n) is 13.7. The normalized spacial score (nSPS) is 26.5. The van der Waals surface area contributed by atoms with Crippen molar-refractivity contribution >= 4 is 0 Å². The minimum Gasteiger partial charge on any atom is -0.389 e. The molecule has 0 bridgehead atoms. The van der Waals surface area contributed by atoms with Crippen LogP contribution in [-0.4, -0.2) is 57.0 Å². The van der Waals surface area contributed by atoms with Crippen molar-refractivity contribution in [1.29, 1.82) is 0 Å². The van der Waals surface area contributed by atoms with Crippen molar-refractivity contribution in [3.05, 3.63) is 11.6 Å². The molecule has 2 heterocycles. The molecule has 1 aromatic rings. The number of hydrogen-bond acceptors (Lipinski definition) is 5. The molecule has 1 aromatic heterocycles. The second-order valence-electron chi connectivity index (χ2n) is 7.11. The molecular weight excluding hydrogens is 280 g/mol. The van der Waals surface area contributed by atoms with E-state index in [9.17, 15) is 5.11 Å². The monoisotopic (exact) mass is 308 g/mol. The number of β-amino-alcohol motifs (C(OH)–C–C–N with tert-alkyl or cyclic N) is 1. The average Bonchev–Trinajstić information content (AvgIpc) is 2.98. The highest BCUT2D eigenvalue weighted by atomic mass is 16.5. The van der Waals surface area contributed by atoms with E-state index >= 15 is 0 Å². The maximum absolute atomic E-state index is 10.7. The number of ether oxygens (including phenoxy) is 1. The second-order valence-corrected chi connectivity index (χ2v) is 7.11. The Morgan fingerprint density at radius 1 is 1.36 bits per heavy atom. The van der Waals surface area contributed by atoms with Crippen LogP contribution >= 0.6 is 0 Å². The summed E-state index contributed by atoms with van der Waals surface area (Å²) in [7, 11) is 0. The molecule has 2 N–H and O–H groups in total. The first kappa shape index (κ1) is 15.9. The molecule has 6 heteroatoms. The van der Waals surface area contributed by atoms with E-state index in [4.69, 9.17) is 4.74 Å². The molecule has 124 valence electrons. The Kier molecular flexibility index (Phi) is 4.80. The smallest absolute Gasteiger partial charge is 0.155 e. The number of rotatable bonds is 4. The van der Waals surface area contributed by atoms with Gasteiger partial charge in [-0.25, -0.2) is 4.98 Å². The fourth-order valence-corrected chi connectivity index (χ4v) is 3.49. The zero-order chi connectivity index (χ0) is 15.6. The van der Waals surface area contributed by atoms with E-state index in [1.807, 2.05) is 0 Å². The third-order valence-corrected chi connectivity index (χ3v) is 4.79. The predicted octanol–water partition coefficient (Wildman–Crippen LogP) is 2.00. The number of nitrogens with one attached hydrogen (secondary N) is 1. The molecule has 0 spiro atoms. The molecule has 1 aliphatic carbocycles. The Morgan fingerprint density at radius 2 is 2.14 bits per heavy atom. The number of morpholine rings is 1. The van der Waals surface area contributed by atoms with Crippen LogP contribution in [0.5, 0.6) is 0 Å². The average molecular weight is 308 g/mol. The molecule has 3 rings (SSSR count). The van der Waals surface area contributed by atoms with E-state index in [1.165, 1.54) is 6.42 Å². The summed E-state index contributed by atoms with van der Waals surface area (Å²) >= 11 is 0. The van der Waals surface area contributed by atoms with E-state index in [2.05, 4.69) is 33.9 Å². The molecule has 2 fully saturated rings. The number of nitrogens with zero attached hydrogens (tertiary/aromatic N) is 3. The quantitative estimate of drug-likeness (QED) is 0.890. The van der Waals surface area contributed by atoms with Gasteiger partial charge in [-0.1, -0.05) is 33.1 Å². The number of aliphatic hydroxyl groups is 1. The van der Waals surface area contributed by atoms with Crippen molar-refractivity contribution < 1.29 is 9.84 Å². The van der Waals surface area contributed by atoms with E-state index in [0.29, 0.717) is 12.5 Å². The first-order valence-corrected chi connectivity index (χ1v) is 8.54. The van der Waals surface area contributed by atoms with Gasteiger partial charge in [-0.3, -0.25) is 10.00 Å². The summed E-state index contributed by atoms with van der Waals surface area (Å²) in [6.45, 7) is 7.24. The Morgan fingerprint density at radius 3 is 2.82 bits per heavy atom. The summed E-state index contributed by atoms with van der Waals surface area (Å²) in [6, 6.07) is 0. The maximum atomic E-state index is 10.7. The standard InChI is InChI=1S/C16H28N4O2/c1-12(2)14-17-15(19-18-14)13-10-20(8-9-22-13)11-16(21)6-4-3-5-7-16/h12-13,21H,3-11H2,1-2H3,(H,17,18,19)/t13-/m1/s1. The highest BCUT2D eigenvalue weighted by molar-refractivity contribution is 5.00. The minimum atomic E-state index is -0.509. The van der Waals surface area contributed by atoms with E-state index in [0.717, 1.165) is 57.0 Å². The van der Waals surface area contributed by atoms with Crippen molar-refractivity contribution in [1.82, 2.24) is 20.1 Å². The molecule has 2 aliphatic rings. The van der Waals surface area contributed by atoms with Crippen LogP contribution < -0.4 is 0 Å². The summed E-state index contributed by atoms with van der Waals surface area (Å²) < 4.78 is 5.85. The maximum Gasteiger partial charge on any atom is 0.155 e. The van der Waals surface area contributed by atoms with Gasteiger partial charge in [0.15, 0.2) is 11.6 Å². The molecule has 1 saturated heterocycles. The first-order valence-electron chi connectivity index (χ1n) is 8.54. The van der Waals surface area contributed by atoms with Crippen LogP contribution in [-0.2, 0) is 4.74 Å². The van der Waals surface area contributed by atoms with E-state index in [1.54, 1.807) is 0 Å². The van der Waals surface area contributed by atoms with Crippen LogP contribution in [0.1, 0.15) is 69.6 Å². The number of hydrogen-bond donors (Lipinski definition) is 2. The van der Waals surface area contributed by atoms with Crippen molar-refractivity contribution in [2.75, 3.05) is 26.2 Å². The summed E-state index contributed by atoms with van der Waals surface area (Å²) in [4.78, 5) is 6.87. The van der Waals surface area contributed by atoms with Gasteiger partial charge in [0, 0.05) is 25.6 Å². The van der Waals surface area contributed by atoms with Gasteiger partial charge in [-0.2, -0.15) is 5.10 Å². The zero-order valence-corrected chi connectivity index (χ0v) is 13.7. The van der Waals surface area contributed by atoms with Gasteiger partial charge in [-0.05, 0) is 12.8 Å². The SMILES string of the molecule is CC(C)c1n[nH]c([C@H]2CN(CC3(O)CCCCC3)CCO2)n1. The summed E-state index contributed by atoms with van der Waals surface area (Å²) in [5.74, 6) is 1.96. The van der Waals surface area contributed by atoms with Gasteiger partial charge < -0.3 is 9.84 Å². The van der Waals surface area contributed by atoms with Crippen LogP contribution in [0.15, 0.2) is 0 Å². The highest BCUT2D eigenvalue weighted by Gasteiger charge is 2.34. The summed E-state index contributed by atoms with van der Waals surface area (Å²) in [5.41, 5.74) is -0.509. The Balaban J connectivity index is 1.61. The third kappa shape index (κ3) is 3.67. The Bertz CT molecular complexity index is 482. The van der Waals surface area contributed by atoms with Gasteiger partial charge in [0.05, 0.1) is 12.2 Å². The van der Waals surface area contributed by atoms with Crippen LogP contribution in [0.3, 0.4) is 0 Å². The number of H-pyrrole nitrogens is 1. The predicted molar refractivity (Wildman–Crippen MR) is 83.6 cm³/mol. The molecule has 22 heavy (non-hydrogen) atoms. The Labute approximate surface area is 132 Å². The molecule has 6 nitrogen and oxygen atoms in total. The lowest BCUT2D eigenvalue weighted by Crippen LogP contribution is -2.49. The lowest BCUT2D eigenvalue weighted by Gasteiger charge is -2.40. The van der Waals surface area contributed by atoms with Crippen molar-refractivity contribution in [2.24, 2.45) is 0 Å².